The zero-order chi connectivity index (χ0) is 11.0. The predicted octanol–water partition coefficient (Wildman–Crippen LogP) is 5.11. The minimum atomic E-state index is -0.981. The van der Waals surface area contributed by atoms with Gasteiger partial charge in [0, 0.05) is 0 Å². The Hall–Kier alpha value is 0.507. The largest absolute Gasteiger partial charge is 0.171 e. The number of unbranched alkanes of at least 4 members (excludes halogenated alkanes) is 2. The molecule has 0 amide bonds. The van der Waals surface area contributed by atoms with E-state index in [1.165, 1.54) is 38.5 Å². The van der Waals surface area contributed by atoms with Crippen LogP contribution in [0.1, 0.15) is 66.2 Å². The van der Waals surface area contributed by atoms with E-state index in [9.17, 15) is 0 Å². The molecule has 0 nitrogen and oxygen atoms in total. The summed E-state index contributed by atoms with van der Waals surface area (Å²) in [5, 5.41) is 0. The Morgan fingerprint density at radius 3 is 1.57 bits per heavy atom. The summed E-state index contributed by atoms with van der Waals surface area (Å²) in [6, 6.07) is 0. The second-order valence-corrected chi connectivity index (χ2v) is 9.36. The standard InChI is InChI=1S/C12H27ClSi/c1-5-7-9-11(3)14(13)12(4)10-8-6-2/h11-12,14H,5-10H2,1-4H3. The molecule has 2 heteroatoms. The number of rotatable bonds is 8. The summed E-state index contributed by atoms with van der Waals surface area (Å²) < 4.78 is 0. The molecule has 0 fully saturated rings. The quantitative estimate of drug-likeness (QED) is 0.405. The molecule has 0 aliphatic heterocycles. The second-order valence-electron chi connectivity index (χ2n) is 4.68. The molecule has 0 saturated carbocycles. The van der Waals surface area contributed by atoms with E-state index in [4.69, 9.17) is 11.1 Å². The van der Waals surface area contributed by atoms with Gasteiger partial charge >= 0.3 is 0 Å². The zero-order valence-electron chi connectivity index (χ0n) is 10.4. The number of halogens is 1. The highest BCUT2D eigenvalue weighted by Crippen LogP contribution is 2.31. The van der Waals surface area contributed by atoms with Gasteiger partial charge in [0.15, 0.2) is 0 Å². The van der Waals surface area contributed by atoms with Crippen LogP contribution in [0.5, 0.6) is 0 Å². The van der Waals surface area contributed by atoms with Crippen molar-refractivity contribution in [1.29, 1.82) is 0 Å². The van der Waals surface area contributed by atoms with E-state index in [1.54, 1.807) is 0 Å². The summed E-state index contributed by atoms with van der Waals surface area (Å²) >= 11 is 6.59. The topological polar surface area (TPSA) is 0 Å². The summed E-state index contributed by atoms with van der Waals surface area (Å²) in [6.45, 7) is 9.25. The van der Waals surface area contributed by atoms with Gasteiger partial charge in [-0.15, -0.1) is 0 Å². The Balaban J connectivity index is 3.72. The molecule has 2 atom stereocenters. The van der Waals surface area contributed by atoms with Crippen LogP contribution in [0.2, 0.25) is 11.1 Å². The molecule has 0 bridgehead atoms. The average molecular weight is 235 g/mol. The summed E-state index contributed by atoms with van der Waals surface area (Å²) in [5.74, 6) is 0. The van der Waals surface area contributed by atoms with Gasteiger partial charge in [0.05, 0.1) is 0 Å². The third kappa shape index (κ3) is 6.08. The highest BCUT2D eigenvalue weighted by Gasteiger charge is 2.22. The normalized spacial score (nSPS) is 17.8. The van der Waals surface area contributed by atoms with Crippen molar-refractivity contribution >= 4 is 19.2 Å². The fourth-order valence-corrected chi connectivity index (χ4v) is 4.92. The van der Waals surface area contributed by atoms with Gasteiger partial charge in [-0.25, -0.2) is 0 Å². The van der Waals surface area contributed by atoms with Gasteiger partial charge in [-0.3, -0.25) is 0 Å². The first-order chi connectivity index (χ1) is 6.63. The lowest BCUT2D eigenvalue weighted by molar-refractivity contribution is 0.658. The van der Waals surface area contributed by atoms with Gasteiger partial charge in [0.2, 0.25) is 0 Å². The molecule has 0 spiro atoms. The molecule has 0 aromatic rings. The molecule has 0 aromatic carbocycles. The molecule has 14 heavy (non-hydrogen) atoms. The second kappa shape index (κ2) is 8.79. The highest BCUT2D eigenvalue weighted by atomic mass is 35.6. The van der Waals surface area contributed by atoms with Crippen LogP contribution >= 0.6 is 11.1 Å². The van der Waals surface area contributed by atoms with E-state index in [0.717, 1.165) is 11.1 Å². The van der Waals surface area contributed by atoms with Crippen molar-refractivity contribution < 1.29 is 0 Å². The van der Waals surface area contributed by atoms with Gasteiger partial charge in [0.25, 0.3) is 0 Å². The van der Waals surface area contributed by atoms with Crippen molar-refractivity contribution in [2.24, 2.45) is 0 Å². The molecule has 0 rings (SSSR count). The maximum atomic E-state index is 6.59. The lowest BCUT2D eigenvalue weighted by Gasteiger charge is -2.22. The van der Waals surface area contributed by atoms with E-state index in [0.29, 0.717) is 0 Å². The van der Waals surface area contributed by atoms with Crippen LogP contribution in [0.15, 0.2) is 0 Å². The zero-order valence-corrected chi connectivity index (χ0v) is 12.3. The summed E-state index contributed by atoms with van der Waals surface area (Å²) in [6.07, 6.45) is 8.05. The van der Waals surface area contributed by atoms with Crippen LogP contribution in [0.25, 0.3) is 0 Å². The molecule has 0 saturated heterocycles. The molecule has 0 aromatic heterocycles. The van der Waals surface area contributed by atoms with Gasteiger partial charge in [-0.05, 0) is 11.1 Å². The van der Waals surface area contributed by atoms with Crippen molar-refractivity contribution in [1.82, 2.24) is 0 Å². The van der Waals surface area contributed by atoms with Crippen LogP contribution in [-0.2, 0) is 0 Å². The smallest absolute Gasteiger partial charge is 0.146 e. The van der Waals surface area contributed by atoms with E-state index < -0.39 is 8.11 Å². The fraction of sp³-hybridized carbons (Fsp3) is 1.00. The molecule has 2 unspecified atom stereocenters. The lowest BCUT2D eigenvalue weighted by atomic mass is 10.2. The monoisotopic (exact) mass is 234 g/mol. The maximum absolute atomic E-state index is 6.59. The van der Waals surface area contributed by atoms with Crippen molar-refractivity contribution in [2.45, 2.75) is 77.3 Å². The van der Waals surface area contributed by atoms with Crippen LogP contribution in [0, 0.1) is 0 Å². The number of hydrogen-bond acceptors (Lipinski definition) is 0. The van der Waals surface area contributed by atoms with E-state index in [-0.39, 0.29) is 0 Å². The van der Waals surface area contributed by atoms with E-state index in [1.807, 2.05) is 0 Å². The van der Waals surface area contributed by atoms with Crippen molar-refractivity contribution in [2.75, 3.05) is 0 Å². The minimum Gasteiger partial charge on any atom is -0.171 e. The molecule has 0 heterocycles. The maximum Gasteiger partial charge on any atom is 0.146 e. The third-order valence-electron chi connectivity index (χ3n) is 3.11. The first kappa shape index (κ1) is 14.5. The van der Waals surface area contributed by atoms with Gasteiger partial charge < -0.3 is 0 Å². The van der Waals surface area contributed by atoms with E-state index >= 15 is 0 Å². The Bertz CT molecular complexity index is 113. The summed E-state index contributed by atoms with van der Waals surface area (Å²) in [5.41, 5.74) is 1.65. The average Bonchev–Trinajstić information content (AvgIpc) is 2.21. The van der Waals surface area contributed by atoms with Crippen LogP contribution in [-0.4, -0.2) is 8.11 Å². The Labute approximate surface area is 96.7 Å². The van der Waals surface area contributed by atoms with Crippen LogP contribution in [0.3, 0.4) is 0 Å². The van der Waals surface area contributed by atoms with Gasteiger partial charge in [-0.1, -0.05) is 66.2 Å². The lowest BCUT2D eigenvalue weighted by Crippen LogP contribution is -2.17. The third-order valence-corrected chi connectivity index (χ3v) is 8.54. The van der Waals surface area contributed by atoms with Crippen LogP contribution < -0.4 is 0 Å². The molecule has 86 valence electrons. The Kier molecular flexibility index (Phi) is 9.10. The number of hydrogen-bond donors (Lipinski definition) is 0. The fourth-order valence-electron chi connectivity index (χ4n) is 1.93. The molecule has 0 N–H and O–H groups in total. The van der Waals surface area contributed by atoms with Crippen molar-refractivity contribution in [3.05, 3.63) is 0 Å². The first-order valence-corrected chi connectivity index (χ1v) is 9.35. The summed E-state index contributed by atoms with van der Waals surface area (Å²) in [7, 11) is -0.981. The highest BCUT2D eigenvalue weighted by molar-refractivity contribution is 7.08. The Morgan fingerprint density at radius 2 is 1.29 bits per heavy atom. The van der Waals surface area contributed by atoms with Crippen molar-refractivity contribution in [3.8, 4) is 0 Å². The summed E-state index contributed by atoms with van der Waals surface area (Å²) in [4.78, 5) is 0. The molecule has 0 radical (unpaired) electrons. The minimum absolute atomic E-state index is 0.823. The van der Waals surface area contributed by atoms with E-state index in [2.05, 4.69) is 27.7 Å². The molecular formula is C12H27ClSi. The Morgan fingerprint density at radius 1 is 0.929 bits per heavy atom. The van der Waals surface area contributed by atoms with Crippen LogP contribution in [0.4, 0.5) is 0 Å². The first-order valence-electron chi connectivity index (χ1n) is 6.27. The molecule has 0 aliphatic rings. The molecular weight excluding hydrogens is 208 g/mol. The SMILES string of the molecule is CCCCC(C)[SiH](Cl)C(C)CCCC. The molecule has 0 aliphatic carbocycles. The van der Waals surface area contributed by atoms with Crippen molar-refractivity contribution in [3.63, 3.8) is 0 Å². The predicted molar refractivity (Wildman–Crippen MR) is 70.9 cm³/mol. The van der Waals surface area contributed by atoms with Gasteiger partial charge in [0.1, 0.15) is 8.11 Å². The van der Waals surface area contributed by atoms with Gasteiger partial charge in [-0.2, -0.15) is 11.1 Å².